The number of hydrogen-bond donors (Lipinski definition) is 0. The lowest BCUT2D eigenvalue weighted by atomic mass is 9.97. The lowest BCUT2D eigenvalue weighted by Crippen LogP contribution is -2.02. The Morgan fingerprint density at radius 2 is 1.91 bits per heavy atom. The molecule has 0 amide bonds. The van der Waals surface area contributed by atoms with Crippen LogP contribution in [-0.2, 0) is 12.8 Å². The van der Waals surface area contributed by atoms with E-state index in [0.29, 0.717) is 11.7 Å². The molecule has 0 aliphatic heterocycles. The summed E-state index contributed by atoms with van der Waals surface area (Å²) in [4.78, 5) is 8.82. The first-order valence-corrected chi connectivity index (χ1v) is 8.12. The summed E-state index contributed by atoms with van der Waals surface area (Å²) in [6.07, 6.45) is 6.41. The van der Waals surface area contributed by atoms with Gasteiger partial charge in [0, 0.05) is 23.9 Å². The van der Waals surface area contributed by atoms with E-state index in [4.69, 9.17) is 4.52 Å². The molecule has 0 radical (unpaired) electrons. The van der Waals surface area contributed by atoms with Crippen molar-refractivity contribution < 1.29 is 4.52 Å². The van der Waals surface area contributed by atoms with Crippen molar-refractivity contribution in [3.05, 3.63) is 65.8 Å². The Balaban J connectivity index is 1.85. The topological polar surface area (TPSA) is 51.8 Å². The van der Waals surface area contributed by atoms with E-state index in [-0.39, 0.29) is 5.92 Å². The van der Waals surface area contributed by atoms with Crippen molar-refractivity contribution >= 4 is 0 Å². The zero-order valence-electron chi connectivity index (χ0n) is 13.6. The van der Waals surface area contributed by atoms with E-state index >= 15 is 0 Å². The predicted molar refractivity (Wildman–Crippen MR) is 90.1 cm³/mol. The van der Waals surface area contributed by atoms with Gasteiger partial charge in [-0.15, -0.1) is 0 Å². The summed E-state index contributed by atoms with van der Waals surface area (Å²) in [6, 6.07) is 12.4. The van der Waals surface area contributed by atoms with Gasteiger partial charge in [-0.25, -0.2) is 0 Å². The van der Waals surface area contributed by atoms with Crippen molar-refractivity contribution in [3.63, 3.8) is 0 Å². The second kappa shape index (κ2) is 7.18. The number of hydrogen-bond acceptors (Lipinski definition) is 4. The third-order valence-corrected chi connectivity index (χ3v) is 4.13. The van der Waals surface area contributed by atoms with E-state index in [2.05, 4.69) is 53.2 Å². The van der Waals surface area contributed by atoms with Gasteiger partial charge in [0.1, 0.15) is 0 Å². The second-order valence-corrected chi connectivity index (χ2v) is 5.64. The van der Waals surface area contributed by atoms with Crippen molar-refractivity contribution in [1.29, 1.82) is 0 Å². The highest BCUT2D eigenvalue weighted by Gasteiger charge is 2.19. The van der Waals surface area contributed by atoms with Gasteiger partial charge in [0.2, 0.25) is 11.7 Å². The molecule has 0 saturated heterocycles. The highest BCUT2D eigenvalue weighted by atomic mass is 16.5. The number of pyridine rings is 1. The van der Waals surface area contributed by atoms with Gasteiger partial charge in [-0.3, -0.25) is 4.98 Å². The van der Waals surface area contributed by atoms with Gasteiger partial charge in [0.15, 0.2) is 0 Å². The van der Waals surface area contributed by atoms with Crippen LogP contribution >= 0.6 is 0 Å². The van der Waals surface area contributed by atoms with Crippen LogP contribution in [0, 0.1) is 0 Å². The maximum Gasteiger partial charge on any atom is 0.230 e. The van der Waals surface area contributed by atoms with Crippen LogP contribution in [0.5, 0.6) is 0 Å². The average Bonchev–Trinajstić information content (AvgIpc) is 3.10. The molecule has 0 bridgehead atoms. The van der Waals surface area contributed by atoms with Crippen LogP contribution in [0.25, 0.3) is 11.4 Å². The SMILES string of the molecule is CCc1cnccc1-c1noc(C(CC)Cc2ccccc2)n1. The fourth-order valence-electron chi connectivity index (χ4n) is 2.74. The molecule has 0 aliphatic rings. The Labute approximate surface area is 136 Å². The molecule has 4 heteroatoms. The monoisotopic (exact) mass is 307 g/mol. The summed E-state index contributed by atoms with van der Waals surface area (Å²) in [5.74, 6) is 1.61. The Hall–Kier alpha value is -2.49. The number of nitrogens with zero attached hydrogens (tertiary/aromatic N) is 3. The summed E-state index contributed by atoms with van der Waals surface area (Å²) in [6.45, 7) is 4.26. The molecule has 2 aromatic heterocycles. The van der Waals surface area contributed by atoms with Crippen LogP contribution in [0.4, 0.5) is 0 Å². The molecule has 0 aliphatic carbocycles. The van der Waals surface area contributed by atoms with E-state index < -0.39 is 0 Å². The number of aryl methyl sites for hydroxylation is 1. The number of rotatable bonds is 6. The zero-order chi connectivity index (χ0) is 16.1. The van der Waals surface area contributed by atoms with E-state index in [1.807, 2.05) is 18.3 Å². The molecule has 1 aromatic carbocycles. The second-order valence-electron chi connectivity index (χ2n) is 5.64. The minimum Gasteiger partial charge on any atom is -0.339 e. The van der Waals surface area contributed by atoms with Gasteiger partial charge >= 0.3 is 0 Å². The third kappa shape index (κ3) is 3.47. The van der Waals surface area contributed by atoms with Gasteiger partial charge in [-0.2, -0.15) is 4.98 Å². The maximum atomic E-state index is 5.56. The van der Waals surface area contributed by atoms with Crippen LogP contribution < -0.4 is 0 Å². The van der Waals surface area contributed by atoms with Gasteiger partial charge in [0.25, 0.3) is 0 Å². The quantitative estimate of drug-likeness (QED) is 0.676. The van der Waals surface area contributed by atoms with E-state index in [1.54, 1.807) is 6.20 Å². The minimum atomic E-state index is 0.241. The molecule has 3 rings (SSSR count). The Bertz CT molecular complexity index is 752. The summed E-state index contributed by atoms with van der Waals surface area (Å²) in [5, 5.41) is 4.19. The van der Waals surface area contributed by atoms with Crippen LogP contribution in [0.2, 0.25) is 0 Å². The molecule has 1 unspecified atom stereocenters. The molecule has 0 saturated carbocycles. The molecule has 0 spiro atoms. The van der Waals surface area contributed by atoms with E-state index in [0.717, 1.165) is 30.4 Å². The lowest BCUT2D eigenvalue weighted by Gasteiger charge is -2.09. The third-order valence-electron chi connectivity index (χ3n) is 4.13. The average molecular weight is 307 g/mol. The van der Waals surface area contributed by atoms with Gasteiger partial charge < -0.3 is 4.52 Å². The molecular formula is C19H21N3O. The van der Waals surface area contributed by atoms with Crippen LogP contribution in [0.3, 0.4) is 0 Å². The van der Waals surface area contributed by atoms with Gasteiger partial charge in [0.05, 0.1) is 0 Å². The molecule has 23 heavy (non-hydrogen) atoms. The molecule has 2 heterocycles. The van der Waals surface area contributed by atoms with Crippen molar-refractivity contribution in [2.24, 2.45) is 0 Å². The Morgan fingerprint density at radius 3 is 2.65 bits per heavy atom. The van der Waals surface area contributed by atoms with Crippen LogP contribution in [-0.4, -0.2) is 15.1 Å². The van der Waals surface area contributed by atoms with Gasteiger partial charge in [-0.1, -0.05) is 49.3 Å². The molecule has 118 valence electrons. The summed E-state index contributed by atoms with van der Waals surface area (Å²) < 4.78 is 5.56. The smallest absolute Gasteiger partial charge is 0.230 e. The van der Waals surface area contributed by atoms with Crippen molar-refractivity contribution in [2.45, 2.75) is 39.0 Å². The standard InChI is InChI=1S/C19H21N3O/c1-3-15(12-14-8-6-5-7-9-14)19-21-18(22-23-19)17-10-11-20-13-16(17)4-2/h5-11,13,15H,3-4,12H2,1-2H3. The molecule has 3 aromatic rings. The molecule has 0 N–H and O–H groups in total. The van der Waals surface area contributed by atoms with Crippen molar-refractivity contribution in [3.8, 4) is 11.4 Å². The fourth-order valence-corrected chi connectivity index (χ4v) is 2.74. The lowest BCUT2D eigenvalue weighted by molar-refractivity contribution is 0.348. The normalized spacial score (nSPS) is 12.3. The summed E-state index contributed by atoms with van der Waals surface area (Å²) >= 11 is 0. The Morgan fingerprint density at radius 1 is 1.09 bits per heavy atom. The molecule has 0 fully saturated rings. The van der Waals surface area contributed by atoms with Crippen LogP contribution in [0.1, 0.15) is 43.2 Å². The van der Waals surface area contributed by atoms with Crippen LogP contribution in [0.15, 0.2) is 53.3 Å². The first-order chi connectivity index (χ1) is 11.3. The van der Waals surface area contributed by atoms with Gasteiger partial charge in [-0.05, 0) is 36.5 Å². The predicted octanol–water partition coefficient (Wildman–Crippen LogP) is 4.43. The minimum absolute atomic E-state index is 0.241. The summed E-state index contributed by atoms with van der Waals surface area (Å²) in [7, 11) is 0. The van der Waals surface area contributed by atoms with Crippen molar-refractivity contribution in [2.75, 3.05) is 0 Å². The van der Waals surface area contributed by atoms with E-state index in [9.17, 15) is 0 Å². The summed E-state index contributed by atoms with van der Waals surface area (Å²) in [5.41, 5.74) is 3.43. The Kier molecular flexibility index (Phi) is 4.81. The highest BCUT2D eigenvalue weighted by Crippen LogP contribution is 2.26. The zero-order valence-corrected chi connectivity index (χ0v) is 13.6. The largest absolute Gasteiger partial charge is 0.339 e. The maximum absolute atomic E-state index is 5.56. The molecular weight excluding hydrogens is 286 g/mol. The first-order valence-electron chi connectivity index (χ1n) is 8.12. The first kappa shape index (κ1) is 15.4. The molecule has 4 nitrogen and oxygen atoms in total. The number of aromatic nitrogens is 3. The van der Waals surface area contributed by atoms with E-state index in [1.165, 1.54) is 5.56 Å². The number of benzene rings is 1. The highest BCUT2D eigenvalue weighted by molar-refractivity contribution is 5.58. The fraction of sp³-hybridized carbons (Fsp3) is 0.316. The van der Waals surface area contributed by atoms with Crippen molar-refractivity contribution in [1.82, 2.24) is 15.1 Å². The molecule has 1 atom stereocenters.